The molecule has 0 radical (unpaired) electrons. The van der Waals surface area contributed by atoms with Crippen LogP contribution in [0.5, 0.6) is 0 Å². The van der Waals surface area contributed by atoms with Crippen LogP contribution in [-0.2, 0) is 16.0 Å². The lowest BCUT2D eigenvalue weighted by Crippen LogP contribution is -2.45. The number of aryl methyl sites for hydroxylation is 1. The Kier molecular flexibility index (Phi) is 5.61. The summed E-state index contributed by atoms with van der Waals surface area (Å²) in [6.07, 6.45) is 5.43. The molecular weight excluding hydrogens is 296 g/mol. The van der Waals surface area contributed by atoms with Crippen LogP contribution in [0.3, 0.4) is 0 Å². The summed E-state index contributed by atoms with van der Waals surface area (Å²) >= 11 is 0. The van der Waals surface area contributed by atoms with Gasteiger partial charge in [0.2, 0.25) is 11.8 Å². The summed E-state index contributed by atoms with van der Waals surface area (Å²) in [5, 5.41) is 7.19. The average Bonchev–Trinajstić information content (AvgIpc) is 3.19. The fourth-order valence-electron chi connectivity index (χ4n) is 3.40. The number of amides is 1. The monoisotopic (exact) mass is 322 g/mol. The summed E-state index contributed by atoms with van der Waals surface area (Å²) in [6.45, 7) is 5.45. The van der Waals surface area contributed by atoms with Crippen molar-refractivity contribution >= 4 is 5.91 Å². The highest BCUT2D eigenvalue weighted by Crippen LogP contribution is 2.20. The van der Waals surface area contributed by atoms with Crippen molar-refractivity contribution in [3.8, 4) is 0 Å². The maximum Gasteiger partial charge on any atom is 0.236 e. The molecule has 2 saturated heterocycles. The van der Waals surface area contributed by atoms with Crippen molar-refractivity contribution in [1.29, 1.82) is 0 Å². The molecule has 2 aliphatic heterocycles. The van der Waals surface area contributed by atoms with Crippen LogP contribution < -0.4 is 5.32 Å². The Morgan fingerprint density at radius 3 is 3.04 bits per heavy atom. The normalized spacial score (nSPS) is 25.0. The van der Waals surface area contributed by atoms with E-state index in [2.05, 4.69) is 15.5 Å². The van der Waals surface area contributed by atoms with Gasteiger partial charge in [0.05, 0.1) is 12.6 Å². The molecule has 0 bridgehead atoms. The summed E-state index contributed by atoms with van der Waals surface area (Å²) in [6, 6.07) is 0. The molecule has 0 aliphatic carbocycles. The minimum atomic E-state index is 0.178. The van der Waals surface area contributed by atoms with Crippen LogP contribution in [0.4, 0.5) is 0 Å². The first-order chi connectivity index (χ1) is 11.2. The van der Waals surface area contributed by atoms with E-state index in [1.54, 1.807) is 6.92 Å². The number of piperidine rings is 1. The van der Waals surface area contributed by atoms with Gasteiger partial charge in [-0.05, 0) is 31.6 Å². The molecule has 3 heterocycles. The van der Waals surface area contributed by atoms with Gasteiger partial charge in [-0.15, -0.1) is 0 Å². The Labute approximate surface area is 136 Å². The Balaban J connectivity index is 1.40. The van der Waals surface area contributed by atoms with Crippen LogP contribution in [0.2, 0.25) is 0 Å². The highest BCUT2D eigenvalue weighted by molar-refractivity contribution is 5.78. The molecule has 1 aromatic heterocycles. The van der Waals surface area contributed by atoms with Crippen molar-refractivity contribution < 1.29 is 14.1 Å². The molecule has 1 amide bonds. The molecule has 2 fully saturated rings. The van der Waals surface area contributed by atoms with E-state index in [-0.39, 0.29) is 12.0 Å². The third-order valence-electron chi connectivity index (χ3n) is 4.58. The van der Waals surface area contributed by atoms with E-state index in [1.165, 1.54) is 0 Å². The Bertz CT molecular complexity index is 513. The molecule has 3 rings (SSSR count). The van der Waals surface area contributed by atoms with Gasteiger partial charge in [0.25, 0.3) is 0 Å². The van der Waals surface area contributed by atoms with E-state index in [0.717, 1.165) is 64.2 Å². The van der Waals surface area contributed by atoms with Crippen molar-refractivity contribution in [2.45, 2.75) is 45.1 Å². The maximum absolute atomic E-state index is 12.3. The largest absolute Gasteiger partial charge is 0.377 e. The van der Waals surface area contributed by atoms with E-state index in [9.17, 15) is 4.79 Å². The van der Waals surface area contributed by atoms with Crippen LogP contribution in [-0.4, -0.2) is 59.8 Å². The van der Waals surface area contributed by atoms with Gasteiger partial charge in [0.15, 0.2) is 5.82 Å². The van der Waals surface area contributed by atoms with Crippen LogP contribution in [0.15, 0.2) is 4.52 Å². The standard InChI is InChI=1S/C16H26N4O3/c1-12-18-15(19-23-12)8-13-4-2-6-20(11-13)16(21)10-17-9-14-5-3-7-22-14/h13-14,17H,2-11H2,1H3. The fourth-order valence-corrected chi connectivity index (χ4v) is 3.40. The summed E-state index contributed by atoms with van der Waals surface area (Å²) in [4.78, 5) is 18.6. The number of hydrogen-bond donors (Lipinski definition) is 1. The van der Waals surface area contributed by atoms with Crippen molar-refractivity contribution in [1.82, 2.24) is 20.4 Å². The smallest absolute Gasteiger partial charge is 0.236 e. The molecule has 2 atom stereocenters. The number of ether oxygens (including phenoxy) is 1. The first-order valence-electron chi connectivity index (χ1n) is 8.60. The van der Waals surface area contributed by atoms with Gasteiger partial charge in [-0.3, -0.25) is 4.79 Å². The number of carbonyl (C=O) groups is 1. The van der Waals surface area contributed by atoms with Crippen LogP contribution in [0.25, 0.3) is 0 Å². The van der Waals surface area contributed by atoms with E-state index in [4.69, 9.17) is 9.26 Å². The van der Waals surface area contributed by atoms with Crippen molar-refractivity contribution in [2.24, 2.45) is 5.92 Å². The summed E-state index contributed by atoms with van der Waals surface area (Å²) in [5.74, 6) is 1.94. The third-order valence-corrected chi connectivity index (χ3v) is 4.58. The number of hydrogen-bond acceptors (Lipinski definition) is 6. The van der Waals surface area contributed by atoms with Gasteiger partial charge >= 0.3 is 0 Å². The molecule has 7 nitrogen and oxygen atoms in total. The minimum absolute atomic E-state index is 0.178. The molecule has 2 unspecified atom stereocenters. The van der Waals surface area contributed by atoms with Gasteiger partial charge in [-0.25, -0.2) is 0 Å². The molecule has 128 valence electrons. The van der Waals surface area contributed by atoms with Crippen LogP contribution >= 0.6 is 0 Å². The molecule has 0 saturated carbocycles. The van der Waals surface area contributed by atoms with Gasteiger partial charge < -0.3 is 19.5 Å². The highest BCUT2D eigenvalue weighted by Gasteiger charge is 2.25. The van der Waals surface area contributed by atoms with Crippen LogP contribution in [0, 0.1) is 12.8 Å². The second-order valence-corrected chi connectivity index (χ2v) is 6.55. The number of likely N-dealkylation sites (tertiary alicyclic amines) is 1. The zero-order valence-corrected chi connectivity index (χ0v) is 13.8. The lowest BCUT2D eigenvalue weighted by Gasteiger charge is -2.32. The molecular formula is C16H26N4O3. The van der Waals surface area contributed by atoms with Gasteiger partial charge in [0, 0.05) is 39.6 Å². The molecule has 23 heavy (non-hydrogen) atoms. The molecule has 1 N–H and O–H groups in total. The lowest BCUT2D eigenvalue weighted by atomic mass is 9.94. The number of carbonyl (C=O) groups excluding carboxylic acids is 1. The third kappa shape index (κ3) is 4.75. The zero-order valence-electron chi connectivity index (χ0n) is 13.8. The molecule has 2 aliphatic rings. The Morgan fingerprint density at radius 1 is 1.39 bits per heavy atom. The van der Waals surface area contributed by atoms with Crippen LogP contribution in [0.1, 0.15) is 37.4 Å². The number of nitrogens with zero attached hydrogens (tertiary/aromatic N) is 3. The van der Waals surface area contributed by atoms with Crippen molar-refractivity contribution in [2.75, 3.05) is 32.8 Å². The SMILES string of the molecule is Cc1nc(CC2CCCN(C(=O)CNCC3CCCO3)C2)no1. The molecule has 0 spiro atoms. The molecule has 7 heteroatoms. The van der Waals surface area contributed by atoms with Gasteiger partial charge in [-0.2, -0.15) is 4.98 Å². The summed E-state index contributed by atoms with van der Waals surface area (Å²) < 4.78 is 10.6. The summed E-state index contributed by atoms with van der Waals surface area (Å²) in [5.41, 5.74) is 0. The van der Waals surface area contributed by atoms with E-state index >= 15 is 0 Å². The first kappa shape index (κ1) is 16.4. The Hall–Kier alpha value is -1.47. The maximum atomic E-state index is 12.3. The number of nitrogens with one attached hydrogen (secondary N) is 1. The van der Waals surface area contributed by atoms with Gasteiger partial charge in [-0.1, -0.05) is 5.16 Å². The quantitative estimate of drug-likeness (QED) is 0.839. The highest BCUT2D eigenvalue weighted by atomic mass is 16.5. The minimum Gasteiger partial charge on any atom is -0.377 e. The Morgan fingerprint density at radius 2 is 2.30 bits per heavy atom. The predicted octanol–water partition coefficient (Wildman–Crippen LogP) is 0.928. The van der Waals surface area contributed by atoms with Crippen molar-refractivity contribution in [3.63, 3.8) is 0 Å². The molecule has 1 aromatic rings. The summed E-state index contributed by atoms with van der Waals surface area (Å²) in [7, 11) is 0. The lowest BCUT2D eigenvalue weighted by molar-refractivity contribution is -0.132. The number of rotatable bonds is 6. The van der Waals surface area contributed by atoms with E-state index in [1.807, 2.05) is 4.90 Å². The fraction of sp³-hybridized carbons (Fsp3) is 0.812. The zero-order chi connectivity index (χ0) is 16.1. The second-order valence-electron chi connectivity index (χ2n) is 6.55. The van der Waals surface area contributed by atoms with Gasteiger partial charge in [0.1, 0.15) is 0 Å². The van der Waals surface area contributed by atoms with E-state index < -0.39 is 0 Å². The first-order valence-corrected chi connectivity index (χ1v) is 8.60. The topological polar surface area (TPSA) is 80.5 Å². The van der Waals surface area contributed by atoms with Crippen molar-refractivity contribution in [3.05, 3.63) is 11.7 Å². The predicted molar refractivity (Wildman–Crippen MR) is 83.9 cm³/mol. The molecule has 0 aromatic carbocycles. The van der Waals surface area contributed by atoms with E-state index in [0.29, 0.717) is 18.4 Å². The second kappa shape index (κ2) is 7.88. The average molecular weight is 322 g/mol. The number of aromatic nitrogens is 2.